The van der Waals surface area contributed by atoms with Crippen LogP contribution in [0.25, 0.3) is 0 Å². The first-order valence-electron chi connectivity index (χ1n) is 4.07. The highest BCUT2D eigenvalue weighted by atomic mass is 31.3. The maximum Gasteiger partial charge on any atom is 0.488 e. The number of hydrogen-bond donors (Lipinski definition) is 4. The third kappa shape index (κ3) is 5.07. The Balaban J connectivity index is 2.94. The van der Waals surface area contributed by atoms with E-state index in [1.165, 1.54) is 12.1 Å². The van der Waals surface area contributed by atoms with Gasteiger partial charge in [0.1, 0.15) is 0 Å². The molecule has 10 nitrogen and oxygen atoms in total. The van der Waals surface area contributed by atoms with E-state index in [2.05, 4.69) is 13.6 Å². The SMILES string of the molecule is O=P(O)(O)OP(=O)(O)OP(=O)(O)c1ccccn1. The summed E-state index contributed by atoms with van der Waals surface area (Å²) in [6.07, 6.45) is 1.12. The molecule has 0 aliphatic heterocycles. The lowest BCUT2D eigenvalue weighted by atomic mass is 10.5. The molecule has 0 amide bonds. The molecule has 1 aromatic rings. The van der Waals surface area contributed by atoms with Crippen LogP contribution >= 0.6 is 23.2 Å². The smallest absolute Gasteiger partial charge is 0.320 e. The highest BCUT2D eigenvalue weighted by Crippen LogP contribution is 2.65. The van der Waals surface area contributed by atoms with Crippen molar-refractivity contribution in [3.8, 4) is 0 Å². The van der Waals surface area contributed by atoms with Gasteiger partial charge in [-0.3, -0.25) is 4.57 Å². The summed E-state index contributed by atoms with van der Waals surface area (Å²) in [5.41, 5.74) is -0.575. The molecule has 0 saturated heterocycles. The average Bonchev–Trinajstić information content (AvgIpc) is 2.13. The summed E-state index contributed by atoms with van der Waals surface area (Å²) in [5, 5.41) is 0. The lowest BCUT2D eigenvalue weighted by Crippen LogP contribution is -2.10. The molecule has 0 spiro atoms. The number of pyridine rings is 1. The van der Waals surface area contributed by atoms with E-state index in [-0.39, 0.29) is 0 Å². The van der Waals surface area contributed by atoms with Gasteiger partial charge in [-0.15, -0.1) is 0 Å². The summed E-state index contributed by atoms with van der Waals surface area (Å²) >= 11 is 0. The molecule has 2 atom stereocenters. The van der Waals surface area contributed by atoms with E-state index < -0.39 is 28.7 Å². The Bertz CT molecular complexity index is 553. The summed E-state index contributed by atoms with van der Waals surface area (Å²) in [6, 6.07) is 3.74. The summed E-state index contributed by atoms with van der Waals surface area (Å²) in [6.45, 7) is 0. The van der Waals surface area contributed by atoms with E-state index in [0.717, 1.165) is 12.3 Å². The monoisotopic (exact) mass is 319 g/mol. The van der Waals surface area contributed by atoms with E-state index >= 15 is 0 Å². The Morgan fingerprint density at radius 2 is 1.61 bits per heavy atom. The number of rotatable bonds is 5. The van der Waals surface area contributed by atoms with Crippen LogP contribution in [0.2, 0.25) is 0 Å². The van der Waals surface area contributed by atoms with Crippen molar-refractivity contribution < 1.29 is 41.9 Å². The molecule has 2 unspecified atom stereocenters. The topological polar surface area (TPSA) is 163 Å². The lowest BCUT2D eigenvalue weighted by Gasteiger charge is -2.15. The zero-order valence-corrected chi connectivity index (χ0v) is 11.1. The van der Waals surface area contributed by atoms with Gasteiger partial charge in [0.15, 0.2) is 5.44 Å². The van der Waals surface area contributed by atoms with Crippen molar-refractivity contribution in [3.05, 3.63) is 24.4 Å². The van der Waals surface area contributed by atoms with Crippen molar-refractivity contribution in [2.45, 2.75) is 0 Å². The van der Waals surface area contributed by atoms with Crippen LogP contribution in [0.5, 0.6) is 0 Å². The van der Waals surface area contributed by atoms with E-state index in [1.54, 1.807) is 0 Å². The lowest BCUT2D eigenvalue weighted by molar-refractivity contribution is 0.224. The van der Waals surface area contributed by atoms with Crippen LogP contribution in [-0.4, -0.2) is 24.6 Å². The van der Waals surface area contributed by atoms with Crippen LogP contribution in [0, 0.1) is 0 Å². The fourth-order valence-electron chi connectivity index (χ4n) is 0.852. The van der Waals surface area contributed by atoms with Gasteiger partial charge in [-0.2, -0.15) is 4.31 Å². The quantitative estimate of drug-likeness (QED) is 0.548. The minimum absolute atomic E-state index is 0.575. The Morgan fingerprint density at radius 1 is 1.00 bits per heavy atom. The van der Waals surface area contributed by atoms with Crippen LogP contribution < -0.4 is 5.44 Å². The highest BCUT2D eigenvalue weighted by molar-refractivity contribution is 7.71. The van der Waals surface area contributed by atoms with E-state index in [1.807, 2.05) is 0 Å². The van der Waals surface area contributed by atoms with Gasteiger partial charge in [0.2, 0.25) is 0 Å². The molecule has 0 fully saturated rings. The number of aromatic nitrogens is 1. The molecular formula is C5H8NO9P3. The van der Waals surface area contributed by atoms with Crippen molar-refractivity contribution >= 4 is 28.7 Å². The van der Waals surface area contributed by atoms with Crippen molar-refractivity contribution in [1.82, 2.24) is 4.98 Å². The molecule has 13 heteroatoms. The number of phosphoric acid groups is 2. The van der Waals surface area contributed by atoms with E-state index in [9.17, 15) is 18.6 Å². The second-order valence-corrected chi connectivity index (χ2v) is 7.55. The molecule has 0 aromatic carbocycles. The van der Waals surface area contributed by atoms with Gasteiger partial charge in [-0.25, -0.2) is 18.4 Å². The molecule has 0 aliphatic rings. The van der Waals surface area contributed by atoms with Crippen molar-refractivity contribution in [2.75, 3.05) is 0 Å². The van der Waals surface area contributed by atoms with Crippen molar-refractivity contribution in [2.24, 2.45) is 0 Å². The first-order valence-corrected chi connectivity index (χ1v) is 8.68. The number of hydrogen-bond acceptors (Lipinski definition) is 6. The maximum atomic E-state index is 11.5. The van der Waals surface area contributed by atoms with Gasteiger partial charge in [0.05, 0.1) is 0 Å². The van der Waals surface area contributed by atoms with Gasteiger partial charge < -0.3 is 19.6 Å². The van der Waals surface area contributed by atoms with E-state index in [4.69, 9.17) is 14.7 Å². The molecular weight excluding hydrogens is 311 g/mol. The molecule has 102 valence electrons. The average molecular weight is 319 g/mol. The fourth-order valence-corrected chi connectivity index (χ4v) is 4.26. The van der Waals surface area contributed by atoms with Crippen LogP contribution in [0.15, 0.2) is 24.4 Å². The second kappa shape index (κ2) is 5.30. The van der Waals surface area contributed by atoms with Crippen molar-refractivity contribution in [3.63, 3.8) is 0 Å². The fraction of sp³-hybridized carbons (Fsp3) is 0. The van der Waals surface area contributed by atoms with Crippen LogP contribution in [-0.2, 0) is 22.3 Å². The highest BCUT2D eigenvalue weighted by Gasteiger charge is 2.41. The first kappa shape index (κ1) is 15.7. The maximum absolute atomic E-state index is 11.5. The van der Waals surface area contributed by atoms with Crippen LogP contribution in [0.4, 0.5) is 0 Å². The predicted octanol–water partition coefficient (Wildman–Crippen LogP) is 0.119. The largest absolute Gasteiger partial charge is 0.488 e. The summed E-state index contributed by atoms with van der Waals surface area (Å²) in [5.74, 6) is 0. The van der Waals surface area contributed by atoms with Gasteiger partial charge >= 0.3 is 23.2 Å². The predicted molar refractivity (Wildman–Crippen MR) is 57.7 cm³/mol. The Labute approximate surface area is 101 Å². The molecule has 1 heterocycles. The number of nitrogens with zero attached hydrogens (tertiary/aromatic N) is 1. The minimum atomic E-state index is -5.42. The van der Waals surface area contributed by atoms with Crippen LogP contribution in [0.3, 0.4) is 0 Å². The molecule has 18 heavy (non-hydrogen) atoms. The zero-order chi connectivity index (χ0) is 14.0. The normalized spacial score (nSPS) is 18.9. The molecule has 0 radical (unpaired) electrons. The standard InChI is InChI=1S/C5H8NO9P3/c7-16(8,5-3-1-2-4-6-5)14-18(12,13)15-17(9,10)11/h1-4H,(H,7,8)(H,12,13)(H2,9,10,11). The molecule has 1 aromatic heterocycles. The third-order valence-corrected chi connectivity index (χ3v) is 5.59. The molecule has 0 aliphatic carbocycles. The second-order valence-electron chi connectivity index (χ2n) is 2.83. The van der Waals surface area contributed by atoms with Gasteiger partial charge in [-0.05, 0) is 12.1 Å². The van der Waals surface area contributed by atoms with Gasteiger partial charge in [-0.1, -0.05) is 6.07 Å². The third-order valence-electron chi connectivity index (χ3n) is 1.36. The molecule has 0 bridgehead atoms. The van der Waals surface area contributed by atoms with Gasteiger partial charge in [0, 0.05) is 6.20 Å². The molecule has 0 saturated carbocycles. The Morgan fingerprint density at radius 3 is 2.06 bits per heavy atom. The van der Waals surface area contributed by atoms with E-state index in [0.29, 0.717) is 0 Å². The molecule has 4 N–H and O–H groups in total. The summed E-state index contributed by atoms with van der Waals surface area (Å²) < 4.78 is 40.2. The molecule has 1 rings (SSSR count). The first-order chi connectivity index (χ1) is 8.02. The summed E-state index contributed by atoms with van der Waals surface area (Å²) in [7, 11) is -15.6. The zero-order valence-electron chi connectivity index (χ0n) is 8.43. The van der Waals surface area contributed by atoms with Crippen molar-refractivity contribution in [1.29, 1.82) is 0 Å². The summed E-state index contributed by atoms with van der Waals surface area (Å²) in [4.78, 5) is 38.3. The Kier molecular flexibility index (Phi) is 4.61. The van der Waals surface area contributed by atoms with Crippen LogP contribution in [0.1, 0.15) is 0 Å². The minimum Gasteiger partial charge on any atom is -0.320 e. The Hall–Kier alpha value is -0.400. The van der Waals surface area contributed by atoms with Gasteiger partial charge in [0.25, 0.3) is 0 Å².